The fourth-order valence-electron chi connectivity index (χ4n) is 2.35. The van der Waals surface area contributed by atoms with E-state index in [4.69, 9.17) is 0 Å². The second-order valence-corrected chi connectivity index (χ2v) is 6.61. The first-order valence-corrected chi connectivity index (χ1v) is 8.32. The number of hydrogen-bond donors (Lipinski definition) is 3. The van der Waals surface area contributed by atoms with Gasteiger partial charge in [-0.25, -0.2) is 9.18 Å². The van der Waals surface area contributed by atoms with Gasteiger partial charge in [0.05, 0.1) is 6.54 Å². The number of amides is 2. The van der Waals surface area contributed by atoms with Crippen LogP contribution >= 0.6 is 11.3 Å². The summed E-state index contributed by atoms with van der Waals surface area (Å²) < 4.78 is 14.3. The Kier molecular flexibility index (Phi) is 4.78. The van der Waals surface area contributed by atoms with Gasteiger partial charge >= 0.3 is 6.03 Å². The highest BCUT2D eigenvalue weighted by Crippen LogP contribution is 2.29. The molecule has 1 unspecified atom stereocenters. The van der Waals surface area contributed by atoms with Gasteiger partial charge in [-0.15, -0.1) is 11.3 Å². The minimum atomic E-state index is -0.790. The molecule has 0 saturated heterocycles. The molecule has 0 aliphatic heterocycles. The number of urea groups is 1. The van der Waals surface area contributed by atoms with Crippen molar-refractivity contribution in [2.45, 2.75) is 13.0 Å². The molecule has 3 rings (SSSR count). The largest absolute Gasteiger partial charge is 0.386 e. The molecule has 1 aromatic heterocycles. The van der Waals surface area contributed by atoms with E-state index < -0.39 is 18.0 Å². The molecule has 1 heterocycles. The van der Waals surface area contributed by atoms with Crippen LogP contribution < -0.4 is 10.6 Å². The predicted octanol–water partition coefficient (Wildman–Crippen LogP) is 4.20. The van der Waals surface area contributed by atoms with Crippen LogP contribution in [0.1, 0.15) is 16.5 Å². The van der Waals surface area contributed by atoms with E-state index in [9.17, 15) is 14.3 Å². The van der Waals surface area contributed by atoms with E-state index in [1.54, 1.807) is 13.0 Å². The zero-order valence-electron chi connectivity index (χ0n) is 13.0. The van der Waals surface area contributed by atoms with Crippen LogP contribution in [0.25, 0.3) is 10.1 Å². The molecule has 124 valence electrons. The van der Waals surface area contributed by atoms with Gasteiger partial charge < -0.3 is 15.7 Å². The van der Waals surface area contributed by atoms with Gasteiger partial charge in [-0.3, -0.25) is 0 Å². The molecule has 0 aliphatic carbocycles. The maximum atomic E-state index is 13.2. The summed E-state index contributed by atoms with van der Waals surface area (Å²) in [5, 5.41) is 16.5. The number of carbonyl (C=O) groups excluding carboxylic acids is 1. The maximum Gasteiger partial charge on any atom is 0.319 e. The van der Waals surface area contributed by atoms with Crippen LogP contribution in [-0.4, -0.2) is 17.7 Å². The SMILES string of the molecule is Cc1ccc(F)cc1NC(=O)NCC(O)c1cc2ccccc2s1. The van der Waals surface area contributed by atoms with Crippen molar-refractivity contribution in [3.63, 3.8) is 0 Å². The van der Waals surface area contributed by atoms with Crippen LogP contribution in [0.2, 0.25) is 0 Å². The summed E-state index contributed by atoms with van der Waals surface area (Å²) in [5.74, 6) is -0.416. The summed E-state index contributed by atoms with van der Waals surface area (Å²) in [6.07, 6.45) is -0.790. The summed E-state index contributed by atoms with van der Waals surface area (Å²) in [4.78, 5) is 12.7. The molecular formula is C18H17FN2O2S. The first kappa shape index (κ1) is 16.4. The van der Waals surface area contributed by atoms with E-state index in [0.29, 0.717) is 5.69 Å². The number of benzene rings is 2. The van der Waals surface area contributed by atoms with Crippen LogP contribution in [0.4, 0.5) is 14.9 Å². The number of aliphatic hydroxyl groups excluding tert-OH is 1. The normalized spacial score (nSPS) is 12.1. The van der Waals surface area contributed by atoms with Crippen molar-refractivity contribution >= 4 is 33.1 Å². The van der Waals surface area contributed by atoms with Crippen LogP contribution in [-0.2, 0) is 0 Å². The van der Waals surface area contributed by atoms with Crippen molar-refractivity contribution < 1.29 is 14.3 Å². The van der Waals surface area contributed by atoms with E-state index in [1.165, 1.54) is 23.5 Å². The quantitative estimate of drug-likeness (QED) is 0.664. The third-order valence-electron chi connectivity index (χ3n) is 3.68. The Morgan fingerprint density at radius 1 is 1.25 bits per heavy atom. The fraction of sp³-hybridized carbons (Fsp3) is 0.167. The summed E-state index contributed by atoms with van der Waals surface area (Å²) >= 11 is 1.49. The van der Waals surface area contributed by atoms with Gasteiger partial charge in [-0.1, -0.05) is 24.3 Å². The summed E-state index contributed by atoms with van der Waals surface area (Å²) in [5.41, 5.74) is 1.17. The third-order valence-corrected chi connectivity index (χ3v) is 4.89. The van der Waals surface area contributed by atoms with E-state index in [1.807, 2.05) is 30.3 Å². The molecule has 0 aliphatic rings. The Morgan fingerprint density at radius 2 is 2.04 bits per heavy atom. The lowest BCUT2D eigenvalue weighted by molar-refractivity contribution is 0.178. The summed E-state index contributed by atoms with van der Waals surface area (Å²) in [6.45, 7) is 1.86. The van der Waals surface area contributed by atoms with Crippen LogP contribution in [0, 0.1) is 12.7 Å². The molecule has 6 heteroatoms. The molecule has 0 fully saturated rings. The number of carbonyl (C=O) groups is 1. The molecular weight excluding hydrogens is 327 g/mol. The number of anilines is 1. The van der Waals surface area contributed by atoms with Gasteiger partial charge in [0.2, 0.25) is 0 Å². The van der Waals surface area contributed by atoms with E-state index in [0.717, 1.165) is 20.5 Å². The highest BCUT2D eigenvalue weighted by molar-refractivity contribution is 7.19. The minimum absolute atomic E-state index is 0.0764. The second-order valence-electron chi connectivity index (χ2n) is 5.50. The molecule has 0 bridgehead atoms. The topological polar surface area (TPSA) is 61.4 Å². The van der Waals surface area contributed by atoms with Crippen LogP contribution in [0.3, 0.4) is 0 Å². The van der Waals surface area contributed by atoms with E-state index >= 15 is 0 Å². The number of nitrogens with one attached hydrogen (secondary N) is 2. The second kappa shape index (κ2) is 6.98. The zero-order valence-corrected chi connectivity index (χ0v) is 13.9. The molecule has 0 spiro atoms. The first-order valence-electron chi connectivity index (χ1n) is 7.50. The number of aliphatic hydroxyl groups is 1. The number of rotatable bonds is 4. The number of fused-ring (bicyclic) bond motifs is 1. The average molecular weight is 344 g/mol. The molecule has 1 atom stereocenters. The number of aryl methyl sites for hydroxylation is 1. The molecule has 4 nitrogen and oxygen atoms in total. The monoisotopic (exact) mass is 344 g/mol. The first-order chi connectivity index (χ1) is 11.5. The molecule has 24 heavy (non-hydrogen) atoms. The Labute approximate surface area is 142 Å². The summed E-state index contributed by atoms with van der Waals surface area (Å²) in [7, 11) is 0. The van der Waals surface area contributed by atoms with Crippen molar-refractivity contribution in [1.29, 1.82) is 0 Å². The number of thiophene rings is 1. The van der Waals surface area contributed by atoms with Crippen LogP contribution in [0.5, 0.6) is 0 Å². The lowest BCUT2D eigenvalue weighted by Crippen LogP contribution is -2.32. The lowest BCUT2D eigenvalue weighted by atomic mass is 10.2. The Morgan fingerprint density at radius 3 is 2.83 bits per heavy atom. The van der Waals surface area contributed by atoms with Crippen molar-refractivity contribution in [2.75, 3.05) is 11.9 Å². The Bertz CT molecular complexity index is 845. The van der Waals surface area contributed by atoms with Crippen LogP contribution in [0.15, 0.2) is 48.5 Å². The molecule has 0 radical (unpaired) electrons. The van der Waals surface area contributed by atoms with Gasteiger partial charge in [0.1, 0.15) is 11.9 Å². The lowest BCUT2D eigenvalue weighted by Gasteiger charge is -2.12. The van der Waals surface area contributed by atoms with Gasteiger partial charge in [0.25, 0.3) is 0 Å². The van der Waals surface area contributed by atoms with E-state index in [2.05, 4.69) is 10.6 Å². The molecule has 3 aromatic rings. The van der Waals surface area contributed by atoms with Gasteiger partial charge in [0.15, 0.2) is 0 Å². The van der Waals surface area contributed by atoms with Crippen molar-refractivity contribution in [3.05, 3.63) is 64.8 Å². The van der Waals surface area contributed by atoms with Gasteiger partial charge in [-0.05, 0) is 42.1 Å². The van der Waals surface area contributed by atoms with Crippen molar-refractivity contribution in [1.82, 2.24) is 5.32 Å². The third kappa shape index (κ3) is 3.72. The minimum Gasteiger partial charge on any atom is -0.386 e. The van der Waals surface area contributed by atoms with E-state index in [-0.39, 0.29) is 6.54 Å². The van der Waals surface area contributed by atoms with Gasteiger partial charge in [0, 0.05) is 15.3 Å². The maximum absolute atomic E-state index is 13.2. The molecule has 2 aromatic carbocycles. The smallest absolute Gasteiger partial charge is 0.319 e. The Hall–Kier alpha value is -2.44. The zero-order chi connectivity index (χ0) is 17.1. The Balaban J connectivity index is 1.60. The standard InChI is InChI=1S/C18H17FN2O2S/c1-11-6-7-13(19)9-14(11)21-18(23)20-10-15(22)17-8-12-4-2-3-5-16(12)24-17/h2-9,15,22H,10H2,1H3,(H2,20,21,23). The average Bonchev–Trinajstić information content (AvgIpc) is 3.00. The molecule has 2 amide bonds. The number of halogens is 1. The van der Waals surface area contributed by atoms with Crippen molar-refractivity contribution in [3.8, 4) is 0 Å². The molecule has 0 saturated carbocycles. The predicted molar refractivity (Wildman–Crippen MR) is 94.9 cm³/mol. The van der Waals surface area contributed by atoms with Crippen molar-refractivity contribution in [2.24, 2.45) is 0 Å². The highest BCUT2D eigenvalue weighted by Gasteiger charge is 2.13. The molecule has 3 N–H and O–H groups in total. The summed E-state index contributed by atoms with van der Waals surface area (Å²) in [6, 6.07) is 13.5. The fourth-order valence-corrected chi connectivity index (χ4v) is 3.40. The highest BCUT2D eigenvalue weighted by atomic mass is 32.1. The van der Waals surface area contributed by atoms with Gasteiger partial charge in [-0.2, -0.15) is 0 Å². The number of hydrogen-bond acceptors (Lipinski definition) is 3.